The van der Waals surface area contributed by atoms with E-state index in [4.69, 9.17) is 0 Å². The van der Waals surface area contributed by atoms with Crippen molar-refractivity contribution in [1.29, 1.82) is 0 Å². The van der Waals surface area contributed by atoms with Gasteiger partial charge in [0.25, 0.3) is 0 Å². The van der Waals surface area contributed by atoms with E-state index in [2.05, 4.69) is 20.9 Å². The van der Waals surface area contributed by atoms with Crippen LogP contribution in [0.25, 0.3) is 0 Å². The number of hydrogen-bond acceptors (Lipinski definition) is 2. The fourth-order valence-corrected chi connectivity index (χ4v) is 3.01. The number of carbonyl (C=O) groups is 1. The first-order valence-electron chi connectivity index (χ1n) is 8.66. The molecule has 0 heterocycles. The van der Waals surface area contributed by atoms with Crippen LogP contribution in [-0.2, 0) is 4.79 Å². The van der Waals surface area contributed by atoms with Gasteiger partial charge in [-0.1, -0.05) is 38.5 Å². The Bertz CT molecular complexity index is 366. The summed E-state index contributed by atoms with van der Waals surface area (Å²) in [5.41, 5.74) is -0.450. The molecule has 5 nitrogen and oxygen atoms in total. The summed E-state index contributed by atoms with van der Waals surface area (Å²) in [4.78, 5) is 16.0. The van der Waals surface area contributed by atoms with Gasteiger partial charge in [0, 0.05) is 27.2 Å². The van der Waals surface area contributed by atoms with Crippen LogP contribution in [0.5, 0.6) is 0 Å². The minimum Gasteiger partial charge on any atom is -0.359 e. The molecule has 0 radical (unpaired) electrons. The second kappa shape index (κ2) is 11.9. The highest BCUT2D eigenvalue weighted by molar-refractivity contribution is 14.0. The van der Waals surface area contributed by atoms with E-state index in [0.29, 0.717) is 6.54 Å². The zero-order chi connectivity index (χ0) is 16.4. The van der Waals surface area contributed by atoms with Crippen molar-refractivity contribution < 1.29 is 4.79 Å². The van der Waals surface area contributed by atoms with Gasteiger partial charge in [-0.2, -0.15) is 0 Å². The summed E-state index contributed by atoms with van der Waals surface area (Å²) >= 11 is 0. The first kappa shape index (κ1) is 22.5. The fraction of sp³-hybridized carbons (Fsp3) is 0.882. The number of halogens is 1. The zero-order valence-corrected chi connectivity index (χ0v) is 17.5. The summed E-state index contributed by atoms with van der Waals surface area (Å²) in [6.07, 6.45) is 9.57. The van der Waals surface area contributed by atoms with Crippen LogP contribution in [-0.4, -0.2) is 39.1 Å². The van der Waals surface area contributed by atoms with Crippen molar-refractivity contribution in [3.63, 3.8) is 0 Å². The third kappa shape index (κ3) is 8.77. The molecule has 0 saturated heterocycles. The summed E-state index contributed by atoms with van der Waals surface area (Å²) in [5, 5.41) is 9.26. The van der Waals surface area contributed by atoms with Gasteiger partial charge in [0.1, 0.15) is 0 Å². The molecule has 136 valence electrons. The Morgan fingerprint density at radius 2 is 1.83 bits per heavy atom. The Labute approximate surface area is 158 Å². The maximum atomic E-state index is 11.7. The number of rotatable bonds is 8. The highest BCUT2D eigenvalue weighted by atomic mass is 127. The number of unbranched alkanes of at least 4 members (excludes halogenated alkanes) is 1. The Morgan fingerprint density at radius 3 is 2.39 bits per heavy atom. The fourth-order valence-electron chi connectivity index (χ4n) is 3.01. The monoisotopic (exact) mass is 438 g/mol. The topological polar surface area (TPSA) is 65.5 Å². The largest absolute Gasteiger partial charge is 0.359 e. The van der Waals surface area contributed by atoms with E-state index >= 15 is 0 Å². The lowest BCUT2D eigenvalue weighted by Gasteiger charge is -2.24. The van der Waals surface area contributed by atoms with E-state index in [9.17, 15) is 4.79 Å². The summed E-state index contributed by atoms with van der Waals surface area (Å²) in [6, 6.07) is 0. The van der Waals surface area contributed by atoms with E-state index in [-0.39, 0.29) is 29.9 Å². The van der Waals surface area contributed by atoms with Gasteiger partial charge in [-0.3, -0.25) is 9.79 Å². The Kier molecular flexibility index (Phi) is 11.6. The molecule has 0 unspecified atom stereocenters. The average molecular weight is 438 g/mol. The smallest absolute Gasteiger partial charge is 0.227 e. The molecule has 1 rings (SSSR count). The molecule has 23 heavy (non-hydrogen) atoms. The van der Waals surface area contributed by atoms with Crippen molar-refractivity contribution in [2.75, 3.05) is 27.2 Å². The van der Waals surface area contributed by atoms with Crippen molar-refractivity contribution in [2.45, 2.75) is 58.8 Å². The molecule has 1 aliphatic carbocycles. The highest BCUT2D eigenvalue weighted by Crippen LogP contribution is 2.28. The summed E-state index contributed by atoms with van der Waals surface area (Å²) in [6.45, 7) is 5.35. The van der Waals surface area contributed by atoms with E-state index < -0.39 is 5.41 Å². The standard InChI is InChI=1S/C17H34N4O.HI/c1-17(2,15(22)18-3)13-21-16(19-4)20-12-8-7-11-14-9-5-6-10-14;/h14H,5-13H2,1-4H3,(H,18,22)(H2,19,20,21);1H. The van der Waals surface area contributed by atoms with E-state index in [0.717, 1.165) is 18.4 Å². The number of aliphatic imine (C=N–C) groups is 1. The van der Waals surface area contributed by atoms with Gasteiger partial charge < -0.3 is 16.0 Å². The molecule has 0 bridgehead atoms. The summed E-state index contributed by atoms with van der Waals surface area (Å²) in [5.74, 6) is 1.79. The van der Waals surface area contributed by atoms with Gasteiger partial charge in [0.15, 0.2) is 5.96 Å². The molecule has 0 aromatic heterocycles. The molecule has 1 saturated carbocycles. The van der Waals surface area contributed by atoms with Gasteiger partial charge in [0.05, 0.1) is 5.41 Å². The van der Waals surface area contributed by atoms with Gasteiger partial charge >= 0.3 is 0 Å². The lowest BCUT2D eigenvalue weighted by molar-refractivity contribution is -0.128. The van der Waals surface area contributed by atoms with Crippen LogP contribution in [0.1, 0.15) is 58.8 Å². The Balaban J connectivity index is 0.00000484. The quantitative estimate of drug-likeness (QED) is 0.236. The predicted octanol–water partition coefficient (Wildman–Crippen LogP) is 2.90. The Hall–Kier alpha value is -0.530. The van der Waals surface area contributed by atoms with Crippen molar-refractivity contribution in [3.8, 4) is 0 Å². The minimum absolute atomic E-state index is 0. The van der Waals surface area contributed by atoms with Gasteiger partial charge in [-0.25, -0.2) is 0 Å². The zero-order valence-electron chi connectivity index (χ0n) is 15.2. The number of hydrogen-bond donors (Lipinski definition) is 3. The molecule has 6 heteroatoms. The number of amides is 1. The molecule has 1 fully saturated rings. The number of nitrogens with one attached hydrogen (secondary N) is 3. The molecule has 1 aliphatic rings. The lowest BCUT2D eigenvalue weighted by Crippen LogP contribution is -2.47. The average Bonchev–Trinajstić information content (AvgIpc) is 3.02. The van der Waals surface area contributed by atoms with Crippen LogP contribution in [0.2, 0.25) is 0 Å². The van der Waals surface area contributed by atoms with Gasteiger partial charge in [-0.05, 0) is 26.2 Å². The van der Waals surface area contributed by atoms with Crippen molar-refractivity contribution in [3.05, 3.63) is 0 Å². The molecule has 3 N–H and O–H groups in total. The molecule has 0 aromatic carbocycles. The first-order chi connectivity index (χ1) is 10.5. The van der Waals surface area contributed by atoms with Crippen LogP contribution in [0, 0.1) is 11.3 Å². The van der Waals surface area contributed by atoms with E-state index in [1.165, 1.54) is 44.9 Å². The van der Waals surface area contributed by atoms with E-state index in [1.807, 2.05) is 13.8 Å². The van der Waals surface area contributed by atoms with Gasteiger partial charge in [-0.15, -0.1) is 24.0 Å². The van der Waals surface area contributed by atoms with Crippen LogP contribution >= 0.6 is 24.0 Å². The normalized spacial score (nSPS) is 15.9. The summed E-state index contributed by atoms with van der Waals surface area (Å²) < 4.78 is 0. The van der Waals surface area contributed by atoms with Crippen LogP contribution in [0.4, 0.5) is 0 Å². The third-order valence-corrected chi connectivity index (χ3v) is 4.57. The maximum Gasteiger partial charge on any atom is 0.227 e. The molecule has 0 aliphatic heterocycles. The molecular formula is C17H35IN4O. The van der Waals surface area contributed by atoms with Crippen molar-refractivity contribution in [2.24, 2.45) is 16.3 Å². The maximum absolute atomic E-state index is 11.7. The van der Waals surface area contributed by atoms with Crippen LogP contribution in [0.15, 0.2) is 4.99 Å². The molecular weight excluding hydrogens is 403 g/mol. The van der Waals surface area contributed by atoms with Crippen LogP contribution < -0.4 is 16.0 Å². The molecule has 0 spiro atoms. The third-order valence-electron chi connectivity index (χ3n) is 4.57. The predicted molar refractivity (Wildman–Crippen MR) is 108 cm³/mol. The van der Waals surface area contributed by atoms with Crippen LogP contribution in [0.3, 0.4) is 0 Å². The highest BCUT2D eigenvalue weighted by Gasteiger charge is 2.26. The lowest BCUT2D eigenvalue weighted by atomic mass is 9.92. The molecule has 0 atom stereocenters. The molecule has 1 amide bonds. The Morgan fingerprint density at radius 1 is 1.17 bits per heavy atom. The SMILES string of the molecule is CN=C(NCCCCC1CCCC1)NCC(C)(C)C(=O)NC.I. The van der Waals surface area contributed by atoms with Gasteiger partial charge in [0.2, 0.25) is 5.91 Å². The summed E-state index contributed by atoms with van der Waals surface area (Å²) in [7, 11) is 3.43. The molecule has 0 aromatic rings. The first-order valence-corrected chi connectivity index (χ1v) is 8.66. The van der Waals surface area contributed by atoms with Crippen molar-refractivity contribution >= 4 is 35.8 Å². The second-order valence-electron chi connectivity index (χ2n) is 6.96. The minimum atomic E-state index is -0.450. The number of carbonyl (C=O) groups excluding carboxylic acids is 1. The second-order valence-corrected chi connectivity index (χ2v) is 6.96. The number of nitrogens with zero attached hydrogens (tertiary/aromatic N) is 1. The number of guanidine groups is 1. The van der Waals surface area contributed by atoms with E-state index in [1.54, 1.807) is 14.1 Å². The van der Waals surface area contributed by atoms with Crippen molar-refractivity contribution in [1.82, 2.24) is 16.0 Å².